The highest BCUT2D eigenvalue weighted by molar-refractivity contribution is 8.00. The molecule has 3 aromatic heterocycles. The number of hydrogen-bond acceptors (Lipinski definition) is 7. The van der Waals surface area contributed by atoms with Gasteiger partial charge in [-0.2, -0.15) is 0 Å². The van der Waals surface area contributed by atoms with Crippen LogP contribution in [0.25, 0.3) is 31.7 Å². The summed E-state index contributed by atoms with van der Waals surface area (Å²) >= 11 is 4.51. The van der Waals surface area contributed by atoms with Crippen LogP contribution in [0.1, 0.15) is 17.5 Å². The first-order valence-corrected chi connectivity index (χ1v) is 12.3. The van der Waals surface area contributed by atoms with Crippen LogP contribution in [0.4, 0.5) is 0 Å². The predicted molar refractivity (Wildman–Crippen MR) is 122 cm³/mol. The van der Waals surface area contributed by atoms with Gasteiger partial charge in [0.2, 0.25) is 5.91 Å². The van der Waals surface area contributed by atoms with Crippen molar-refractivity contribution < 1.29 is 4.79 Å². The van der Waals surface area contributed by atoms with Crippen LogP contribution < -0.4 is 5.73 Å². The number of thioether (sulfide) groups is 2. The van der Waals surface area contributed by atoms with Crippen LogP contribution in [-0.4, -0.2) is 32.9 Å². The Kier molecular flexibility index (Phi) is 4.93. The summed E-state index contributed by atoms with van der Waals surface area (Å²) in [5, 5.41) is 2.69. The molecule has 1 aromatic carbocycles. The van der Waals surface area contributed by atoms with Gasteiger partial charge in [0.15, 0.2) is 5.16 Å². The minimum absolute atomic E-state index is 0.203. The molecule has 1 aliphatic rings. The highest BCUT2D eigenvalue weighted by atomic mass is 32.2. The van der Waals surface area contributed by atoms with Gasteiger partial charge in [-0.15, -0.1) is 11.3 Å². The third kappa shape index (κ3) is 3.29. The van der Waals surface area contributed by atoms with E-state index in [1.54, 1.807) is 11.3 Å². The van der Waals surface area contributed by atoms with E-state index < -0.39 is 0 Å². The van der Waals surface area contributed by atoms with Crippen molar-refractivity contribution in [1.82, 2.24) is 15.0 Å². The normalized spacial score (nSPS) is 13.3. The first-order chi connectivity index (χ1) is 14.2. The Hall–Kier alpha value is -2.16. The van der Waals surface area contributed by atoms with Crippen molar-refractivity contribution in [2.24, 2.45) is 5.73 Å². The summed E-state index contributed by atoms with van der Waals surface area (Å²) in [5.41, 5.74) is 11.3. The number of carbonyl (C=O) groups excluding carboxylic acids is 1. The molecule has 0 radical (unpaired) electrons. The summed E-state index contributed by atoms with van der Waals surface area (Å²) in [6.07, 6.45) is 5.19. The molecular formula is C21H18N4OS3. The molecule has 4 aromatic rings. The third-order valence-electron chi connectivity index (χ3n) is 5.06. The minimum atomic E-state index is -0.348. The van der Waals surface area contributed by atoms with E-state index in [1.165, 1.54) is 34.7 Å². The molecule has 5 rings (SSSR count). The van der Waals surface area contributed by atoms with Gasteiger partial charge in [-0.1, -0.05) is 53.9 Å². The Bertz CT molecular complexity index is 1250. The molecule has 146 valence electrons. The molecule has 2 N–H and O–H groups in total. The number of pyridine rings is 1. The fraction of sp³-hybridized carbons (Fsp3) is 0.238. The molecule has 0 atom stereocenters. The van der Waals surface area contributed by atoms with Gasteiger partial charge in [0.1, 0.15) is 9.86 Å². The summed E-state index contributed by atoms with van der Waals surface area (Å²) in [6.45, 7) is 0. The first-order valence-electron chi connectivity index (χ1n) is 9.32. The Morgan fingerprint density at radius 1 is 1.14 bits per heavy atom. The summed E-state index contributed by atoms with van der Waals surface area (Å²) in [5.74, 6) is -0.145. The lowest BCUT2D eigenvalue weighted by Crippen LogP contribution is -2.13. The lowest BCUT2D eigenvalue weighted by atomic mass is 10.0. The number of fused-ring (bicyclic) bond motifs is 5. The van der Waals surface area contributed by atoms with Crippen LogP contribution in [0.2, 0.25) is 0 Å². The van der Waals surface area contributed by atoms with Crippen molar-refractivity contribution >= 4 is 61.2 Å². The smallest absolute Gasteiger partial charge is 0.227 e. The lowest BCUT2D eigenvalue weighted by molar-refractivity contribution is -0.115. The SMILES string of the molecule is CSc1nc(SCC(N)=O)c2sc3nc(-c4ccccc4)c4c(c3c2n1)CCC4. The molecule has 0 bridgehead atoms. The van der Waals surface area contributed by atoms with E-state index in [2.05, 4.69) is 29.2 Å². The second kappa shape index (κ2) is 7.59. The van der Waals surface area contributed by atoms with E-state index in [4.69, 9.17) is 15.7 Å². The second-order valence-corrected chi connectivity index (χ2v) is 9.60. The minimum Gasteiger partial charge on any atom is -0.369 e. The quantitative estimate of drug-likeness (QED) is 0.276. The van der Waals surface area contributed by atoms with E-state index in [0.717, 1.165) is 56.0 Å². The zero-order valence-electron chi connectivity index (χ0n) is 15.8. The van der Waals surface area contributed by atoms with Gasteiger partial charge >= 0.3 is 0 Å². The maximum atomic E-state index is 11.3. The van der Waals surface area contributed by atoms with Crippen LogP contribution in [0.5, 0.6) is 0 Å². The van der Waals surface area contributed by atoms with E-state index in [0.29, 0.717) is 5.16 Å². The number of primary amides is 1. The fourth-order valence-corrected chi connectivity index (χ4v) is 6.30. The molecule has 0 fully saturated rings. The predicted octanol–water partition coefficient (Wildman–Crippen LogP) is 4.69. The van der Waals surface area contributed by atoms with Crippen molar-refractivity contribution in [1.29, 1.82) is 0 Å². The largest absolute Gasteiger partial charge is 0.369 e. The molecule has 0 saturated heterocycles. The molecule has 29 heavy (non-hydrogen) atoms. The first kappa shape index (κ1) is 18.8. The van der Waals surface area contributed by atoms with Crippen LogP contribution in [-0.2, 0) is 17.6 Å². The molecule has 1 aliphatic carbocycles. The number of hydrogen-bond donors (Lipinski definition) is 1. The molecule has 5 nitrogen and oxygen atoms in total. The number of carbonyl (C=O) groups is 1. The Labute approximate surface area is 180 Å². The lowest BCUT2D eigenvalue weighted by Gasteiger charge is -2.09. The number of aromatic nitrogens is 3. The number of nitrogens with two attached hydrogens (primary N) is 1. The molecule has 8 heteroatoms. The molecular weight excluding hydrogens is 420 g/mol. The average Bonchev–Trinajstić information content (AvgIpc) is 3.36. The summed E-state index contributed by atoms with van der Waals surface area (Å²) in [7, 11) is 0. The molecule has 3 heterocycles. The standard InChI is InChI=1S/C21H18N4OS3/c1-27-21-24-17-15-12-8-5-9-13(12)16(11-6-3-2-4-7-11)23-19(15)29-18(17)20(25-21)28-10-14(22)26/h2-4,6-7H,5,8-10H2,1H3,(H2,22,26). The highest BCUT2D eigenvalue weighted by Crippen LogP contribution is 2.44. The molecule has 0 saturated carbocycles. The van der Waals surface area contributed by atoms with Crippen LogP contribution in [0.15, 0.2) is 40.5 Å². The van der Waals surface area contributed by atoms with Crippen LogP contribution in [0, 0.1) is 0 Å². The van der Waals surface area contributed by atoms with Gasteiger partial charge in [-0.25, -0.2) is 15.0 Å². The van der Waals surface area contributed by atoms with Crippen molar-refractivity contribution in [3.05, 3.63) is 41.5 Å². The van der Waals surface area contributed by atoms with E-state index >= 15 is 0 Å². The van der Waals surface area contributed by atoms with E-state index in [9.17, 15) is 4.79 Å². The number of amides is 1. The number of nitrogens with zero attached hydrogens (tertiary/aromatic N) is 3. The average molecular weight is 439 g/mol. The molecule has 1 amide bonds. The zero-order valence-corrected chi connectivity index (χ0v) is 18.2. The van der Waals surface area contributed by atoms with Crippen molar-refractivity contribution in [3.8, 4) is 11.3 Å². The molecule has 0 aliphatic heterocycles. The zero-order chi connectivity index (χ0) is 20.0. The third-order valence-corrected chi connectivity index (χ3v) is 7.82. The van der Waals surface area contributed by atoms with Gasteiger partial charge in [0.05, 0.1) is 21.7 Å². The monoisotopic (exact) mass is 438 g/mol. The number of aryl methyl sites for hydroxylation is 1. The summed E-state index contributed by atoms with van der Waals surface area (Å²) < 4.78 is 0.996. The Balaban J connectivity index is 1.80. The fourth-order valence-electron chi connectivity index (χ4n) is 3.88. The topological polar surface area (TPSA) is 81.8 Å². The number of rotatable bonds is 5. The molecule has 0 spiro atoms. The maximum absolute atomic E-state index is 11.3. The van der Waals surface area contributed by atoms with Crippen molar-refractivity contribution in [2.75, 3.05) is 12.0 Å². The van der Waals surface area contributed by atoms with Gasteiger partial charge < -0.3 is 5.73 Å². The second-order valence-electron chi connectivity index (χ2n) is 6.87. The van der Waals surface area contributed by atoms with Crippen molar-refractivity contribution in [3.63, 3.8) is 0 Å². The Morgan fingerprint density at radius 3 is 2.69 bits per heavy atom. The number of benzene rings is 1. The summed E-state index contributed by atoms with van der Waals surface area (Å²) in [4.78, 5) is 26.9. The van der Waals surface area contributed by atoms with E-state index in [1.807, 2.05) is 12.3 Å². The van der Waals surface area contributed by atoms with Gasteiger partial charge in [-0.05, 0) is 36.6 Å². The molecule has 0 unspecified atom stereocenters. The van der Waals surface area contributed by atoms with Gasteiger partial charge in [-0.3, -0.25) is 4.79 Å². The van der Waals surface area contributed by atoms with Gasteiger partial charge in [0, 0.05) is 10.9 Å². The number of thiophene rings is 1. The summed E-state index contributed by atoms with van der Waals surface area (Å²) in [6, 6.07) is 10.4. The Morgan fingerprint density at radius 2 is 1.93 bits per heavy atom. The van der Waals surface area contributed by atoms with Crippen LogP contribution in [0.3, 0.4) is 0 Å². The highest BCUT2D eigenvalue weighted by Gasteiger charge is 2.25. The van der Waals surface area contributed by atoms with Crippen molar-refractivity contribution in [2.45, 2.75) is 29.4 Å². The maximum Gasteiger partial charge on any atom is 0.227 e. The van der Waals surface area contributed by atoms with Gasteiger partial charge in [0.25, 0.3) is 0 Å². The van der Waals surface area contributed by atoms with E-state index in [-0.39, 0.29) is 11.7 Å². The van der Waals surface area contributed by atoms with Crippen LogP contribution >= 0.6 is 34.9 Å².